The number of aryl methyl sites for hydroxylation is 7. The fourth-order valence-electron chi connectivity index (χ4n) is 5.17. The van der Waals surface area contributed by atoms with E-state index < -0.39 is 32.6 Å². The summed E-state index contributed by atoms with van der Waals surface area (Å²) in [4.78, 5) is 5.04. The molecule has 0 fully saturated rings. The molecule has 2 aliphatic carbocycles. The lowest BCUT2D eigenvalue weighted by Crippen LogP contribution is -2.11. The molecule has 7 aromatic heterocycles. The first-order chi connectivity index (χ1) is 40.8. The van der Waals surface area contributed by atoms with E-state index in [1.165, 1.54) is 50.9 Å². The standard InChI is InChI=1S/C9H8O.2C6H8.2C5H6O.2C5H6S.2C4H5NO.C3H5N3.2C2H4N2O2S.C2H4N2OS2/c1-7-6-10-9-5-3-2-4-8(7)9;2*1-6-4-2-3-5-6;1-5-2-3-6-4-5;1-5-3-2-4-6-5;1-5-2-3-6-4-5;1-5-3-2-4-6-5;1-4-2-5-3-6-4;1-4-2-5-6-3-4;1-3-2-4-6-5-3;3*1-2-3-6-7(5)4-2/h2-6H,1H3;2,4-5H,3H2,1H3;2-4H,5H2,1H3;4*2-4H,1H3;2*2-3H,1H3;2H2,1H3;3*1H3,(H,3,4). The minimum absolute atomic E-state index is 0.554. The molecule has 0 saturated heterocycles. The van der Waals surface area contributed by atoms with Gasteiger partial charge in [-0.1, -0.05) is 77.0 Å². The van der Waals surface area contributed by atoms with Crippen molar-refractivity contribution in [1.29, 1.82) is 0 Å². The van der Waals surface area contributed by atoms with Gasteiger partial charge in [-0.05, 0) is 177 Å². The molecule has 4 aliphatic heterocycles. The van der Waals surface area contributed by atoms with E-state index in [-0.39, 0.29) is 0 Å². The summed E-state index contributed by atoms with van der Waals surface area (Å²) in [5.74, 6) is 3.67. The van der Waals surface area contributed by atoms with Crippen molar-refractivity contribution in [2.75, 3.05) is 6.54 Å². The highest BCUT2D eigenvalue weighted by Gasteiger charge is 2.07. The smallest absolute Gasteiger partial charge is 0.309 e. The molecule has 27 heteroatoms. The molecule has 3 N–H and O–H groups in total. The maximum Gasteiger partial charge on any atom is 0.309 e. The van der Waals surface area contributed by atoms with Crippen molar-refractivity contribution in [2.24, 2.45) is 28.6 Å². The van der Waals surface area contributed by atoms with E-state index >= 15 is 0 Å². The van der Waals surface area contributed by atoms with Crippen LogP contribution in [0, 0.1) is 48.5 Å². The van der Waals surface area contributed by atoms with Crippen LogP contribution in [0.3, 0.4) is 0 Å². The molecule has 6 aliphatic rings. The van der Waals surface area contributed by atoms with Crippen molar-refractivity contribution >= 4 is 100 Å². The maximum absolute atomic E-state index is 10.3. The fourth-order valence-corrected chi connectivity index (χ4v) is 8.97. The highest BCUT2D eigenvalue weighted by atomic mass is 33.1. The number of fused-ring (bicyclic) bond motifs is 1. The van der Waals surface area contributed by atoms with Crippen LogP contribution in [0.1, 0.15) is 93.0 Å². The Morgan fingerprint density at radius 1 is 0.647 bits per heavy atom. The van der Waals surface area contributed by atoms with Gasteiger partial charge in [-0.25, -0.2) is 28.6 Å². The summed E-state index contributed by atoms with van der Waals surface area (Å²) >= 11 is 0.565. The van der Waals surface area contributed by atoms with Gasteiger partial charge in [0.05, 0.1) is 54.1 Å². The lowest BCUT2D eigenvalue weighted by molar-refractivity contribution is 0.304. The highest BCUT2D eigenvalue weighted by molar-refractivity contribution is 8.68. The third-order valence-electron chi connectivity index (χ3n) is 9.35. The summed E-state index contributed by atoms with van der Waals surface area (Å²) in [5, 5.41) is 21.5. The Bertz CT molecular complexity index is 2990. The van der Waals surface area contributed by atoms with Crippen LogP contribution in [0.4, 0.5) is 0 Å². The molecule has 0 bridgehead atoms. The number of allylic oxidation sites excluding steroid dienone is 8. The van der Waals surface area contributed by atoms with Gasteiger partial charge in [0.15, 0.2) is 6.39 Å². The number of nitrogens with zero attached hydrogens (tertiary/aromatic N) is 8. The minimum atomic E-state index is -1.48. The van der Waals surface area contributed by atoms with Crippen LogP contribution in [0.25, 0.3) is 11.0 Å². The Labute approximate surface area is 517 Å². The number of rotatable bonds is 0. The van der Waals surface area contributed by atoms with Crippen LogP contribution < -0.4 is 15.7 Å². The number of amidine groups is 3. The van der Waals surface area contributed by atoms with E-state index in [1.54, 1.807) is 87.2 Å². The molecule has 0 spiro atoms. The molecule has 0 amide bonds. The van der Waals surface area contributed by atoms with E-state index in [0.29, 0.717) is 18.2 Å². The maximum atomic E-state index is 10.3. The summed E-state index contributed by atoms with van der Waals surface area (Å²) in [6.45, 7) is 25.9. The van der Waals surface area contributed by atoms with E-state index in [4.69, 9.17) is 17.7 Å². The number of benzene rings is 1. The average molecular weight is 1280 g/mol. The Balaban J connectivity index is 0.000000315. The van der Waals surface area contributed by atoms with Gasteiger partial charge in [0, 0.05) is 15.8 Å². The number of thiophene rings is 2. The average Bonchev–Trinajstić information content (AvgIpc) is 4.50. The molecule has 85 heavy (non-hydrogen) atoms. The first-order valence-electron chi connectivity index (χ1n) is 25.7. The third kappa shape index (κ3) is 40.4. The number of hydroxylamine groups is 2. The molecule has 3 atom stereocenters. The number of oxazole rings is 1. The van der Waals surface area contributed by atoms with Gasteiger partial charge >= 0.3 is 22.5 Å². The van der Waals surface area contributed by atoms with Crippen LogP contribution in [0.2, 0.25) is 0 Å². The van der Waals surface area contributed by atoms with Gasteiger partial charge < -0.3 is 26.9 Å². The molecular formula is C58H75N11O10S6. The Morgan fingerprint density at radius 3 is 1.61 bits per heavy atom. The van der Waals surface area contributed by atoms with Crippen LogP contribution >= 0.6 is 33.7 Å². The van der Waals surface area contributed by atoms with Gasteiger partial charge in [0.2, 0.25) is 10.0 Å². The molecule has 21 nitrogen and oxygen atoms in total. The topological polar surface area (TPSA) is 271 Å². The highest BCUT2D eigenvalue weighted by Crippen LogP contribution is 2.19. The van der Waals surface area contributed by atoms with Crippen molar-refractivity contribution in [3.05, 3.63) is 213 Å². The fraction of sp³-hybridized carbons (Fsp3) is 0.276. The first kappa shape index (κ1) is 73.6. The summed E-state index contributed by atoms with van der Waals surface area (Å²) in [5.41, 5.74) is 14.3. The van der Waals surface area contributed by atoms with E-state index in [1.807, 2.05) is 77.9 Å². The quantitative estimate of drug-likeness (QED) is 0.0940. The predicted molar refractivity (Wildman–Crippen MR) is 349 cm³/mol. The lowest BCUT2D eigenvalue weighted by atomic mass is 10.2. The zero-order valence-electron chi connectivity index (χ0n) is 49.8. The second-order valence-corrected chi connectivity index (χ2v) is 23.3. The Kier molecular flexibility index (Phi) is 39.7. The number of furan rings is 3. The van der Waals surface area contributed by atoms with Crippen LogP contribution in [-0.4, -0.2) is 52.5 Å². The van der Waals surface area contributed by atoms with Crippen LogP contribution in [0.15, 0.2) is 225 Å². The molecule has 458 valence electrons. The van der Waals surface area contributed by atoms with Gasteiger partial charge in [-0.2, -0.15) is 29.4 Å². The van der Waals surface area contributed by atoms with E-state index in [9.17, 15) is 12.6 Å². The molecule has 0 saturated carbocycles. The minimum Gasteiger partial charge on any atom is -0.472 e. The third-order valence-corrected chi connectivity index (χ3v) is 14.1. The number of aromatic nitrogens is 2. The number of hydrogen-bond donors (Lipinski definition) is 3. The summed E-state index contributed by atoms with van der Waals surface area (Å²) < 4.78 is 76.3. The number of para-hydroxylation sites is 1. The number of hydrogen-bond acceptors (Lipinski definition) is 21. The summed E-state index contributed by atoms with van der Waals surface area (Å²) in [7, 11) is 0.0644. The van der Waals surface area contributed by atoms with E-state index in [0.717, 1.165) is 51.6 Å². The van der Waals surface area contributed by atoms with Crippen molar-refractivity contribution in [3.8, 4) is 0 Å². The lowest BCUT2D eigenvalue weighted by Gasteiger charge is -1.84. The van der Waals surface area contributed by atoms with Crippen LogP contribution in [-0.2, 0) is 41.1 Å². The second kappa shape index (κ2) is 45.9. The summed E-state index contributed by atoms with van der Waals surface area (Å²) in [6, 6.07) is 20.0. The van der Waals surface area contributed by atoms with Crippen molar-refractivity contribution in [1.82, 2.24) is 25.8 Å². The van der Waals surface area contributed by atoms with Gasteiger partial charge in [0.25, 0.3) is 0 Å². The zero-order chi connectivity index (χ0) is 62.5. The molecular weight excluding hydrogens is 1200 g/mol. The first-order valence-corrected chi connectivity index (χ1v) is 32.0. The normalized spacial score (nSPS) is 16.1. The Morgan fingerprint density at radius 2 is 1.39 bits per heavy atom. The SMILES string of the molecule is CC1=CC=CC1.CC1=CCC=C1.CC1=NN=NC1.CC1=NS(=O)ON1.CC1=NS(=O)ON1.CC1=NS(=O)SN1.Cc1ccco1.Cc1cccs1.Cc1ccoc1.Cc1ccsc1.Cc1cnco1.Cc1cnoc1.Cc1coc2ccccc12. The largest absolute Gasteiger partial charge is 0.472 e. The second-order valence-electron chi connectivity index (χ2n) is 17.5. The summed E-state index contributed by atoms with van der Waals surface area (Å²) in [6.07, 6.45) is 28.4. The molecule has 11 heterocycles. The van der Waals surface area contributed by atoms with Gasteiger partial charge in [-0.15, -0.1) is 25.2 Å². The molecule has 1 aromatic carbocycles. The monoisotopic (exact) mass is 1280 g/mol. The molecule has 14 rings (SSSR count). The van der Waals surface area contributed by atoms with Gasteiger partial charge in [0.1, 0.15) is 47.4 Å². The predicted octanol–water partition coefficient (Wildman–Crippen LogP) is 15.9. The molecule has 3 unspecified atom stereocenters. The molecule has 8 aromatic rings. The number of nitrogens with one attached hydrogen (secondary N) is 3. The van der Waals surface area contributed by atoms with Crippen molar-refractivity contribution < 1.29 is 43.4 Å². The Hall–Kier alpha value is -7.50. The van der Waals surface area contributed by atoms with Crippen molar-refractivity contribution in [3.63, 3.8) is 0 Å². The van der Waals surface area contributed by atoms with E-state index in [2.05, 4.69) is 172 Å². The van der Waals surface area contributed by atoms with Crippen molar-refractivity contribution in [2.45, 2.75) is 103 Å². The van der Waals surface area contributed by atoms with Crippen LogP contribution in [0.5, 0.6) is 0 Å². The molecule has 0 radical (unpaired) electrons. The van der Waals surface area contributed by atoms with Gasteiger partial charge in [-0.3, -0.25) is 0 Å². The zero-order valence-corrected chi connectivity index (χ0v) is 54.7.